The Labute approximate surface area is 195 Å². The Bertz CT molecular complexity index is 1390. The van der Waals surface area contributed by atoms with Crippen LogP contribution in [-0.4, -0.2) is 22.9 Å². The number of H-pyrrole nitrogens is 1. The number of aromatic amines is 1. The number of nitrogens with one attached hydrogen (secondary N) is 2. The Morgan fingerprint density at radius 3 is 2.55 bits per heavy atom. The number of carbonyl (C=O) groups excluding carboxylic acids is 2. The highest BCUT2D eigenvalue weighted by molar-refractivity contribution is 7.20. The van der Waals surface area contributed by atoms with Gasteiger partial charge in [0.05, 0.1) is 4.88 Å². The van der Waals surface area contributed by atoms with Crippen molar-refractivity contribution < 1.29 is 14.3 Å². The van der Waals surface area contributed by atoms with Crippen molar-refractivity contribution in [1.29, 1.82) is 0 Å². The van der Waals surface area contributed by atoms with Gasteiger partial charge in [0.2, 0.25) is 0 Å². The Morgan fingerprint density at radius 1 is 0.939 bits per heavy atom. The molecule has 0 aliphatic heterocycles. The summed E-state index contributed by atoms with van der Waals surface area (Å²) >= 11 is 1.44. The smallest absolute Gasteiger partial charge is 0.408 e. The molecular formula is C27H22N2O3S. The fraction of sp³-hybridized carbons (Fsp3) is 0.111. The van der Waals surface area contributed by atoms with Gasteiger partial charge in [-0.05, 0) is 34.7 Å². The van der Waals surface area contributed by atoms with Crippen molar-refractivity contribution in [1.82, 2.24) is 10.3 Å². The van der Waals surface area contributed by atoms with Crippen LogP contribution in [0.15, 0.2) is 91.1 Å². The van der Waals surface area contributed by atoms with E-state index in [4.69, 9.17) is 4.74 Å². The molecule has 1 atom stereocenters. The van der Waals surface area contributed by atoms with Crippen molar-refractivity contribution in [2.75, 3.05) is 0 Å². The molecule has 0 aliphatic carbocycles. The van der Waals surface area contributed by atoms with E-state index in [0.717, 1.165) is 32.1 Å². The predicted molar refractivity (Wildman–Crippen MR) is 132 cm³/mol. The van der Waals surface area contributed by atoms with Crippen LogP contribution in [-0.2, 0) is 17.8 Å². The highest BCUT2D eigenvalue weighted by atomic mass is 32.1. The van der Waals surface area contributed by atoms with Crippen molar-refractivity contribution in [3.8, 4) is 0 Å². The zero-order valence-electron chi connectivity index (χ0n) is 17.8. The average Bonchev–Trinajstić information content (AvgIpc) is 3.47. The van der Waals surface area contributed by atoms with Crippen LogP contribution in [0.1, 0.15) is 20.8 Å². The van der Waals surface area contributed by atoms with Gasteiger partial charge in [0, 0.05) is 28.2 Å². The van der Waals surface area contributed by atoms with Gasteiger partial charge in [-0.3, -0.25) is 4.79 Å². The van der Waals surface area contributed by atoms with Gasteiger partial charge in [0.1, 0.15) is 12.6 Å². The maximum absolute atomic E-state index is 13.5. The number of hydrogen-bond donors (Lipinski definition) is 2. The maximum atomic E-state index is 13.5. The summed E-state index contributed by atoms with van der Waals surface area (Å²) in [5.41, 5.74) is 2.84. The third-order valence-electron chi connectivity index (χ3n) is 5.59. The summed E-state index contributed by atoms with van der Waals surface area (Å²) in [5.74, 6) is -0.127. The lowest BCUT2D eigenvalue weighted by atomic mass is 10.0. The second-order valence-electron chi connectivity index (χ2n) is 7.84. The molecule has 0 spiro atoms. The predicted octanol–water partition coefficient (Wildman–Crippen LogP) is 6.10. The minimum absolute atomic E-state index is 0.127. The summed E-state index contributed by atoms with van der Waals surface area (Å²) in [6, 6.07) is 26.4. The number of benzene rings is 3. The molecule has 1 amide bonds. The number of rotatable bonds is 7. The molecule has 2 heterocycles. The minimum atomic E-state index is -0.749. The monoisotopic (exact) mass is 454 g/mol. The molecule has 33 heavy (non-hydrogen) atoms. The quantitative estimate of drug-likeness (QED) is 0.292. The molecule has 0 saturated heterocycles. The van der Waals surface area contributed by atoms with Gasteiger partial charge < -0.3 is 15.0 Å². The van der Waals surface area contributed by atoms with Crippen LogP contribution in [0.25, 0.3) is 21.0 Å². The van der Waals surface area contributed by atoms with Crippen molar-refractivity contribution >= 4 is 44.2 Å². The summed E-state index contributed by atoms with van der Waals surface area (Å²) < 4.78 is 6.44. The molecule has 6 heteroatoms. The van der Waals surface area contributed by atoms with Crippen LogP contribution in [0.2, 0.25) is 0 Å². The fourth-order valence-electron chi connectivity index (χ4n) is 3.91. The van der Waals surface area contributed by atoms with E-state index in [0.29, 0.717) is 11.3 Å². The molecule has 2 aromatic heterocycles. The van der Waals surface area contributed by atoms with Crippen LogP contribution < -0.4 is 5.32 Å². The highest BCUT2D eigenvalue weighted by Crippen LogP contribution is 2.27. The molecular weight excluding hydrogens is 432 g/mol. The zero-order valence-corrected chi connectivity index (χ0v) is 18.6. The number of hydrogen-bond acceptors (Lipinski definition) is 4. The van der Waals surface area contributed by atoms with Gasteiger partial charge in [-0.25, -0.2) is 4.79 Å². The molecule has 5 aromatic rings. The first-order valence-corrected chi connectivity index (χ1v) is 11.5. The zero-order chi connectivity index (χ0) is 22.6. The number of carbonyl (C=O) groups is 2. The van der Waals surface area contributed by atoms with E-state index >= 15 is 0 Å². The molecule has 2 N–H and O–H groups in total. The molecule has 5 rings (SSSR count). The van der Waals surface area contributed by atoms with E-state index in [-0.39, 0.29) is 12.4 Å². The lowest BCUT2D eigenvalue weighted by Crippen LogP contribution is -2.42. The minimum Gasteiger partial charge on any atom is -0.445 e. The molecule has 3 aromatic carbocycles. The molecule has 0 saturated carbocycles. The number of alkyl carbamates (subject to hydrolysis) is 1. The van der Waals surface area contributed by atoms with Crippen LogP contribution in [0.5, 0.6) is 0 Å². The molecule has 164 valence electrons. The number of Topliss-reactive ketones (excluding diaryl/α,β-unsaturated/α-hetero) is 1. The maximum Gasteiger partial charge on any atom is 0.408 e. The molecule has 0 aliphatic rings. The SMILES string of the molecule is O=C(N[C@@H](Cc1c[nH]c2ccccc12)C(=O)c1cc2ccccc2s1)OCc1ccccc1. The third-order valence-corrected chi connectivity index (χ3v) is 6.72. The van der Waals surface area contributed by atoms with Gasteiger partial charge in [-0.1, -0.05) is 66.7 Å². The molecule has 0 radical (unpaired) electrons. The second kappa shape index (κ2) is 9.30. The first-order valence-electron chi connectivity index (χ1n) is 10.7. The van der Waals surface area contributed by atoms with Gasteiger partial charge in [0.15, 0.2) is 5.78 Å². The Morgan fingerprint density at radius 2 is 1.70 bits per heavy atom. The molecule has 0 bridgehead atoms. The highest BCUT2D eigenvalue weighted by Gasteiger charge is 2.26. The van der Waals surface area contributed by atoms with E-state index in [1.807, 2.05) is 91.1 Å². The number of fused-ring (bicyclic) bond motifs is 2. The first kappa shape index (κ1) is 21.0. The van der Waals surface area contributed by atoms with Gasteiger partial charge in [-0.15, -0.1) is 11.3 Å². The van der Waals surface area contributed by atoms with E-state index in [1.165, 1.54) is 11.3 Å². The van der Waals surface area contributed by atoms with Crippen LogP contribution >= 0.6 is 11.3 Å². The van der Waals surface area contributed by atoms with Gasteiger partial charge in [-0.2, -0.15) is 0 Å². The Hall–Kier alpha value is -3.90. The van der Waals surface area contributed by atoms with Crippen molar-refractivity contribution in [3.05, 3.63) is 107 Å². The summed E-state index contributed by atoms with van der Waals surface area (Å²) in [6.45, 7) is 0.142. The van der Waals surface area contributed by atoms with Crippen LogP contribution in [0, 0.1) is 0 Å². The van der Waals surface area contributed by atoms with Gasteiger partial charge >= 0.3 is 6.09 Å². The second-order valence-corrected chi connectivity index (χ2v) is 8.92. The van der Waals surface area contributed by atoms with Gasteiger partial charge in [0.25, 0.3) is 0 Å². The molecule has 5 nitrogen and oxygen atoms in total. The summed E-state index contributed by atoms with van der Waals surface area (Å²) in [4.78, 5) is 30.0. The van der Waals surface area contributed by atoms with Crippen LogP contribution in [0.4, 0.5) is 4.79 Å². The van der Waals surface area contributed by atoms with E-state index < -0.39 is 12.1 Å². The average molecular weight is 455 g/mol. The Balaban J connectivity index is 1.39. The number of amides is 1. The number of thiophene rings is 1. The lowest BCUT2D eigenvalue weighted by molar-refractivity contribution is 0.0920. The number of ketones is 1. The van der Waals surface area contributed by atoms with E-state index in [9.17, 15) is 9.59 Å². The molecule has 0 unspecified atom stereocenters. The van der Waals surface area contributed by atoms with Crippen molar-refractivity contribution in [2.45, 2.75) is 19.1 Å². The molecule has 0 fully saturated rings. The largest absolute Gasteiger partial charge is 0.445 e. The third kappa shape index (κ3) is 4.66. The normalized spacial score (nSPS) is 12.0. The van der Waals surface area contributed by atoms with Crippen molar-refractivity contribution in [2.24, 2.45) is 0 Å². The topological polar surface area (TPSA) is 71.2 Å². The summed E-state index contributed by atoms with van der Waals surface area (Å²) in [5, 5.41) is 4.87. The Kier molecular flexibility index (Phi) is 5.91. The standard InChI is InChI=1S/C27H22N2O3S/c30-26(25-15-19-10-4-7-13-24(19)33-25)23(14-20-16-28-22-12-6-5-11-21(20)22)29-27(31)32-17-18-8-2-1-3-9-18/h1-13,15-16,23,28H,14,17H2,(H,29,31)/t23-/m0/s1. The van der Waals surface area contributed by atoms with E-state index in [2.05, 4.69) is 10.3 Å². The lowest BCUT2D eigenvalue weighted by Gasteiger charge is -2.17. The van der Waals surface area contributed by atoms with Crippen LogP contribution in [0.3, 0.4) is 0 Å². The van der Waals surface area contributed by atoms with E-state index in [1.54, 1.807) is 0 Å². The number of para-hydroxylation sites is 1. The number of ether oxygens (including phenoxy) is 1. The summed E-state index contributed by atoms with van der Waals surface area (Å²) in [6.07, 6.45) is 1.64. The first-order chi connectivity index (χ1) is 16.2. The number of aromatic nitrogens is 1. The summed E-state index contributed by atoms with van der Waals surface area (Å²) in [7, 11) is 0. The van der Waals surface area contributed by atoms with Crippen molar-refractivity contribution in [3.63, 3.8) is 0 Å². The fourth-order valence-corrected chi connectivity index (χ4v) is 4.97.